The first-order chi connectivity index (χ1) is 10.4. The van der Waals surface area contributed by atoms with Gasteiger partial charge in [-0.1, -0.05) is 26.7 Å². The summed E-state index contributed by atoms with van der Waals surface area (Å²) in [5.41, 5.74) is 0. The maximum atomic E-state index is 10.2. The van der Waals surface area contributed by atoms with Gasteiger partial charge in [0, 0.05) is 0 Å². The van der Waals surface area contributed by atoms with Crippen molar-refractivity contribution in [2.45, 2.75) is 82.7 Å². The smallest absolute Gasteiger partial charge is 0.173 e. The van der Waals surface area contributed by atoms with Crippen molar-refractivity contribution < 1.29 is 35.0 Å². The van der Waals surface area contributed by atoms with E-state index in [1.54, 1.807) is 0 Å². The molecule has 0 aromatic rings. The Kier molecular flexibility index (Phi) is 8.73. The Morgan fingerprint density at radius 3 is 2.32 bits per heavy atom. The lowest BCUT2D eigenvalue weighted by Gasteiger charge is -2.44. The van der Waals surface area contributed by atoms with Gasteiger partial charge in [-0.3, -0.25) is 5.32 Å². The molecule has 8 heteroatoms. The van der Waals surface area contributed by atoms with E-state index in [2.05, 4.69) is 5.32 Å². The molecule has 6 N–H and O–H groups in total. The van der Waals surface area contributed by atoms with Gasteiger partial charge in [-0.15, -0.1) is 0 Å². The van der Waals surface area contributed by atoms with Crippen molar-refractivity contribution in [3.05, 3.63) is 0 Å². The first-order valence-electron chi connectivity index (χ1n) is 7.84. The highest BCUT2D eigenvalue weighted by atomic mass is 16.7. The lowest BCUT2D eigenvalue weighted by molar-refractivity contribution is -0.288. The van der Waals surface area contributed by atoms with Gasteiger partial charge < -0.3 is 35.0 Å². The second-order valence-electron chi connectivity index (χ2n) is 5.58. The minimum absolute atomic E-state index is 0.369. The molecule has 132 valence electrons. The highest BCUT2D eigenvalue weighted by Gasteiger charge is 2.46. The van der Waals surface area contributed by atoms with Crippen LogP contribution in [0.15, 0.2) is 0 Å². The molecule has 3 unspecified atom stereocenters. The number of hydrogen-bond donors (Lipinski definition) is 6. The lowest BCUT2D eigenvalue weighted by Crippen LogP contribution is -2.66. The van der Waals surface area contributed by atoms with Crippen LogP contribution in [0.4, 0.5) is 0 Å². The number of nitrogens with one attached hydrogen (secondary N) is 1. The van der Waals surface area contributed by atoms with Crippen molar-refractivity contribution in [3.8, 4) is 0 Å². The molecule has 1 rings (SSSR count). The van der Waals surface area contributed by atoms with Gasteiger partial charge in [-0.05, 0) is 12.8 Å². The highest BCUT2D eigenvalue weighted by molar-refractivity contribution is 4.94. The molecular weight excluding hydrogens is 294 g/mol. The standard InChI is InChI=1S/C14H29NO7/c1-3-5-9(17)15-11-13(22-10(18)6-4-2)12(19)8(7-16)21-14(11)20/h8-20H,3-7H2,1-2H3/t8-,9?,10?,11-,12-,13-,14?/m1/s1. The summed E-state index contributed by atoms with van der Waals surface area (Å²) in [6.07, 6.45) is -4.45. The van der Waals surface area contributed by atoms with Crippen LogP contribution in [-0.4, -0.2) is 75.3 Å². The van der Waals surface area contributed by atoms with Gasteiger partial charge in [0.2, 0.25) is 0 Å². The summed E-state index contributed by atoms with van der Waals surface area (Å²) in [7, 11) is 0. The SMILES string of the molecule is CCCC(O)N[C@H]1C(O)O[C@H](CO)[C@@H](O)[C@@H]1OC(O)CCC. The Morgan fingerprint density at radius 2 is 1.77 bits per heavy atom. The Labute approximate surface area is 130 Å². The maximum Gasteiger partial charge on any atom is 0.173 e. The molecule has 0 saturated carbocycles. The van der Waals surface area contributed by atoms with E-state index in [4.69, 9.17) is 9.47 Å². The van der Waals surface area contributed by atoms with Crippen molar-refractivity contribution in [3.63, 3.8) is 0 Å². The van der Waals surface area contributed by atoms with E-state index >= 15 is 0 Å². The Hall–Kier alpha value is -0.320. The van der Waals surface area contributed by atoms with E-state index in [1.165, 1.54) is 0 Å². The summed E-state index contributed by atoms with van der Waals surface area (Å²) in [5, 5.41) is 51.9. The van der Waals surface area contributed by atoms with Gasteiger partial charge in [0.05, 0.1) is 12.6 Å². The number of aliphatic hydroxyl groups is 5. The minimum atomic E-state index is -1.38. The molecule has 1 aliphatic heterocycles. The maximum absolute atomic E-state index is 10.2. The molecule has 0 aromatic heterocycles. The predicted octanol–water partition coefficient (Wildman–Crippen LogP) is -1.36. The van der Waals surface area contributed by atoms with Crippen LogP contribution in [0.5, 0.6) is 0 Å². The van der Waals surface area contributed by atoms with Crippen LogP contribution in [-0.2, 0) is 9.47 Å². The molecule has 0 amide bonds. The highest BCUT2D eigenvalue weighted by Crippen LogP contribution is 2.24. The molecular formula is C14H29NO7. The van der Waals surface area contributed by atoms with Gasteiger partial charge in [0.1, 0.15) is 24.5 Å². The van der Waals surface area contributed by atoms with Crippen LogP contribution >= 0.6 is 0 Å². The van der Waals surface area contributed by atoms with Crippen LogP contribution in [0.2, 0.25) is 0 Å². The van der Waals surface area contributed by atoms with E-state index < -0.39 is 49.8 Å². The molecule has 0 radical (unpaired) electrons. The van der Waals surface area contributed by atoms with Gasteiger partial charge in [0.15, 0.2) is 12.6 Å². The molecule has 8 nitrogen and oxygen atoms in total. The van der Waals surface area contributed by atoms with Crippen LogP contribution < -0.4 is 5.32 Å². The van der Waals surface area contributed by atoms with Gasteiger partial charge in [-0.25, -0.2) is 0 Å². The van der Waals surface area contributed by atoms with E-state index in [0.717, 1.165) is 6.42 Å². The van der Waals surface area contributed by atoms with E-state index in [0.29, 0.717) is 19.3 Å². The summed E-state index contributed by atoms with van der Waals surface area (Å²) in [4.78, 5) is 0. The summed E-state index contributed by atoms with van der Waals surface area (Å²) >= 11 is 0. The van der Waals surface area contributed by atoms with Gasteiger partial charge in [-0.2, -0.15) is 0 Å². The number of ether oxygens (including phenoxy) is 2. The quantitative estimate of drug-likeness (QED) is 0.287. The zero-order chi connectivity index (χ0) is 16.7. The molecule has 1 heterocycles. The molecule has 0 bridgehead atoms. The van der Waals surface area contributed by atoms with Crippen molar-refractivity contribution in [1.29, 1.82) is 0 Å². The second-order valence-corrected chi connectivity index (χ2v) is 5.58. The van der Waals surface area contributed by atoms with Crippen LogP contribution in [0, 0.1) is 0 Å². The molecule has 22 heavy (non-hydrogen) atoms. The van der Waals surface area contributed by atoms with Crippen molar-refractivity contribution in [2.75, 3.05) is 6.61 Å². The Morgan fingerprint density at radius 1 is 1.14 bits per heavy atom. The minimum Gasteiger partial charge on any atom is -0.394 e. The molecule has 1 saturated heterocycles. The lowest BCUT2D eigenvalue weighted by atomic mass is 9.96. The third-order valence-electron chi connectivity index (χ3n) is 3.67. The Balaban J connectivity index is 2.81. The first-order valence-corrected chi connectivity index (χ1v) is 7.84. The second kappa shape index (κ2) is 9.74. The average molecular weight is 323 g/mol. The number of rotatable bonds is 9. The van der Waals surface area contributed by atoms with Gasteiger partial charge >= 0.3 is 0 Å². The molecule has 1 fully saturated rings. The average Bonchev–Trinajstić information content (AvgIpc) is 2.46. The topological polar surface area (TPSA) is 132 Å². The molecule has 0 spiro atoms. The van der Waals surface area contributed by atoms with E-state index in [-0.39, 0.29) is 0 Å². The Bertz CT molecular complexity index is 307. The molecule has 1 aliphatic rings. The summed E-state index contributed by atoms with van der Waals surface area (Å²) < 4.78 is 10.6. The fraction of sp³-hybridized carbons (Fsp3) is 1.00. The largest absolute Gasteiger partial charge is 0.394 e. The molecule has 0 aromatic carbocycles. The fourth-order valence-corrected chi connectivity index (χ4v) is 2.50. The van der Waals surface area contributed by atoms with Crippen molar-refractivity contribution in [1.82, 2.24) is 5.32 Å². The summed E-state index contributed by atoms with van der Waals surface area (Å²) in [6.45, 7) is 3.28. The van der Waals surface area contributed by atoms with Gasteiger partial charge in [0.25, 0.3) is 0 Å². The van der Waals surface area contributed by atoms with E-state index in [1.807, 2.05) is 13.8 Å². The number of hydrogen-bond acceptors (Lipinski definition) is 8. The monoisotopic (exact) mass is 323 g/mol. The summed E-state index contributed by atoms with van der Waals surface area (Å²) in [5.74, 6) is 0. The van der Waals surface area contributed by atoms with Crippen LogP contribution in [0.1, 0.15) is 39.5 Å². The fourth-order valence-electron chi connectivity index (χ4n) is 2.50. The molecule has 7 atom stereocenters. The first kappa shape index (κ1) is 19.7. The third-order valence-corrected chi connectivity index (χ3v) is 3.67. The normalized spacial score (nSPS) is 35.3. The van der Waals surface area contributed by atoms with Crippen LogP contribution in [0.3, 0.4) is 0 Å². The van der Waals surface area contributed by atoms with Crippen molar-refractivity contribution in [2.24, 2.45) is 0 Å². The molecule has 0 aliphatic carbocycles. The predicted molar refractivity (Wildman–Crippen MR) is 77.6 cm³/mol. The zero-order valence-corrected chi connectivity index (χ0v) is 13.1. The van der Waals surface area contributed by atoms with E-state index in [9.17, 15) is 25.5 Å². The van der Waals surface area contributed by atoms with Crippen molar-refractivity contribution >= 4 is 0 Å². The summed E-state index contributed by atoms with van der Waals surface area (Å²) in [6, 6.07) is -0.925. The zero-order valence-electron chi connectivity index (χ0n) is 13.1. The number of aliphatic hydroxyl groups excluding tert-OH is 5. The van der Waals surface area contributed by atoms with Crippen LogP contribution in [0.25, 0.3) is 0 Å². The third kappa shape index (κ3) is 5.39.